The van der Waals surface area contributed by atoms with Gasteiger partial charge >= 0.3 is 6.36 Å². The number of hydrogen-bond acceptors (Lipinski definition) is 5. The molecule has 0 amide bonds. The number of alkyl halides is 3. The van der Waals surface area contributed by atoms with Gasteiger partial charge in [0.25, 0.3) is 0 Å². The molecule has 2 aliphatic heterocycles. The van der Waals surface area contributed by atoms with Crippen LogP contribution in [-0.4, -0.2) is 58.0 Å². The van der Waals surface area contributed by atoms with Crippen LogP contribution in [0, 0.1) is 12.3 Å². The minimum absolute atomic E-state index is 0.00844. The summed E-state index contributed by atoms with van der Waals surface area (Å²) in [7, 11) is -3.77. The first-order valence-corrected chi connectivity index (χ1v) is 11.2. The fraction of sp³-hybridized carbons (Fsp3) is 0.684. The molecule has 0 unspecified atom stereocenters. The fourth-order valence-electron chi connectivity index (χ4n) is 3.84. The lowest BCUT2D eigenvalue weighted by Gasteiger charge is -2.49. The third kappa shape index (κ3) is 5.22. The van der Waals surface area contributed by atoms with E-state index in [0.29, 0.717) is 19.1 Å². The first-order valence-electron chi connectivity index (χ1n) is 9.72. The SMILES string of the molecule is CCC1(CNC2CCOCC2)CN(S(=O)(=O)c2ccc(OC(F)(F)F)cc2C)C1. The van der Waals surface area contributed by atoms with E-state index in [0.717, 1.165) is 51.2 Å². The van der Waals surface area contributed by atoms with Gasteiger partial charge in [-0.2, -0.15) is 4.31 Å². The number of aryl methyl sites for hydroxylation is 1. The Kier molecular flexibility index (Phi) is 6.47. The monoisotopic (exact) mass is 436 g/mol. The maximum absolute atomic E-state index is 13.0. The predicted octanol–water partition coefficient (Wildman–Crippen LogP) is 3.06. The van der Waals surface area contributed by atoms with E-state index in [1.54, 1.807) is 0 Å². The molecular weight excluding hydrogens is 409 g/mol. The Morgan fingerprint density at radius 1 is 1.28 bits per heavy atom. The van der Waals surface area contributed by atoms with Gasteiger partial charge in [-0.25, -0.2) is 8.42 Å². The minimum Gasteiger partial charge on any atom is -0.406 e. The average molecular weight is 436 g/mol. The Labute approximate surface area is 169 Å². The molecule has 0 atom stereocenters. The Balaban J connectivity index is 1.64. The summed E-state index contributed by atoms with van der Waals surface area (Å²) in [6, 6.07) is 3.70. The lowest BCUT2D eigenvalue weighted by atomic mass is 9.79. The van der Waals surface area contributed by atoms with Gasteiger partial charge in [0.1, 0.15) is 5.75 Å². The topological polar surface area (TPSA) is 67.9 Å². The van der Waals surface area contributed by atoms with Crippen molar-refractivity contribution in [2.45, 2.75) is 50.4 Å². The van der Waals surface area contributed by atoms with E-state index in [4.69, 9.17) is 4.74 Å². The summed E-state index contributed by atoms with van der Waals surface area (Å²) >= 11 is 0. The van der Waals surface area contributed by atoms with Crippen molar-refractivity contribution >= 4 is 10.0 Å². The molecule has 1 N–H and O–H groups in total. The summed E-state index contributed by atoms with van der Waals surface area (Å²) in [4.78, 5) is 0.00844. The van der Waals surface area contributed by atoms with Crippen LogP contribution in [0.4, 0.5) is 13.2 Å². The number of rotatable bonds is 7. The number of nitrogens with zero attached hydrogens (tertiary/aromatic N) is 1. The quantitative estimate of drug-likeness (QED) is 0.712. The third-order valence-electron chi connectivity index (χ3n) is 5.76. The van der Waals surface area contributed by atoms with Gasteiger partial charge in [0.05, 0.1) is 4.90 Å². The summed E-state index contributed by atoms with van der Waals surface area (Å²) in [5.74, 6) is -0.430. The summed E-state index contributed by atoms with van der Waals surface area (Å²) in [5.41, 5.74) is 0.0968. The standard InChI is InChI=1S/C19H27F3N2O4S/c1-3-18(11-23-15-6-8-27-9-7-15)12-24(13-18)29(25,26)17-5-4-16(10-14(17)2)28-19(20,21)22/h4-5,10,15,23H,3,6-9,11-13H2,1-2H3. The lowest BCUT2D eigenvalue weighted by Crippen LogP contribution is -2.62. The fourth-order valence-corrected chi connectivity index (χ4v) is 5.71. The molecule has 2 aliphatic rings. The molecule has 0 aliphatic carbocycles. The largest absolute Gasteiger partial charge is 0.573 e. The van der Waals surface area contributed by atoms with Crippen molar-refractivity contribution in [3.8, 4) is 5.75 Å². The minimum atomic E-state index is -4.82. The molecule has 10 heteroatoms. The molecule has 6 nitrogen and oxygen atoms in total. The second-order valence-electron chi connectivity index (χ2n) is 7.87. The average Bonchev–Trinajstić information content (AvgIpc) is 2.60. The Bertz CT molecular complexity index is 817. The molecular formula is C19H27F3N2O4S. The predicted molar refractivity (Wildman–Crippen MR) is 101 cm³/mol. The zero-order valence-corrected chi connectivity index (χ0v) is 17.4. The van der Waals surface area contributed by atoms with Crippen LogP contribution in [0.2, 0.25) is 0 Å². The molecule has 1 aromatic rings. The molecule has 0 aromatic heterocycles. The van der Waals surface area contributed by atoms with Gasteiger partial charge in [-0.05, 0) is 49.9 Å². The van der Waals surface area contributed by atoms with E-state index in [1.807, 2.05) is 6.92 Å². The van der Waals surface area contributed by atoms with E-state index < -0.39 is 22.1 Å². The number of sulfonamides is 1. The molecule has 1 aromatic carbocycles. The van der Waals surface area contributed by atoms with Crippen LogP contribution in [-0.2, 0) is 14.8 Å². The van der Waals surface area contributed by atoms with Gasteiger partial charge in [0.15, 0.2) is 0 Å². The zero-order valence-electron chi connectivity index (χ0n) is 16.6. The molecule has 0 saturated carbocycles. The molecule has 164 valence electrons. The van der Waals surface area contributed by atoms with Crippen LogP contribution >= 0.6 is 0 Å². The second-order valence-corrected chi connectivity index (χ2v) is 9.78. The van der Waals surface area contributed by atoms with E-state index in [-0.39, 0.29) is 15.9 Å². The highest BCUT2D eigenvalue weighted by atomic mass is 32.2. The first-order chi connectivity index (χ1) is 13.5. The van der Waals surface area contributed by atoms with Gasteiger partial charge in [-0.3, -0.25) is 0 Å². The normalized spacial score (nSPS) is 21.0. The van der Waals surface area contributed by atoms with Crippen LogP contribution < -0.4 is 10.1 Å². The van der Waals surface area contributed by atoms with Crippen molar-refractivity contribution in [3.05, 3.63) is 23.8 Å². The van der Waals surface area contributed by atoms with E-state index >= 15 is 0 Å². The number of hydrogen-bond donors (Lipinski definition) is 1. The van der Waals surface area contributed by atoms with E-state index in [1.165, 1.54) is 17.3 Å². The highest BCUT2D eigenvalue weighted by Crippen LogP contribution is 2.38. The number of ether oxygens (including phenoxy) is 2. The summed E-state index contributed by atoms with van der Waals surface area (Å²) in [6.45, 7) is 6.51. The Hall–Kier alpha value is -1.36. The maximum Gasteiger partial charge on any atom is 0.573 e. The van der Waals surface area contributed by atoms with Crippen LogP contribution in [0.1, 0.15) is 31.7 Å². The molecule has 2 heterocycles. The highest BCUT2D eigenvalue weighted by molar-refractivity contribution is 7.89. The van der Waals surface area contributed by atoms with Crippen LogP contribution in [0.5, 0.6) is 5.75 Å². The van der Waals surface area contributed by atoms with Crippen LogP contribution in [0.25, 0.3) is 0 Å². The molecule has 3 rings (SSSR count). The van der Waals surface area contributed by atoms with Crippen molar-refractivity contribution in [3.63, 3.8) is 0 Å². The van der Waals surface area contributed by atoms with Crippen LogP contribution in [0.15, 0.2) is 23.1 Å². The highest BCUT2D eigenvalue weighted by Gasteiger charge is 2.47. The van der Waals surface area contributed by atoms with Gasteiger partial charge < -0.3 is 14.8 Å². The lowest BCUT2D eigenvalue weighted by molar-refractivity contribution is -0.274. The van der Waals surface area contributed by atoms with Crippen molar-refractivity contribution in [2.24, 2.45) is 5.41 Å². The van der Waals surface area contributed by atoms with Gasteiger partial charge in [0, 0.05) is 44.3 Å². The smallest absolute Gasteiger partial charge is 0.406 e. The first kappa shape index (κ1) is 22.3. The molecule has 0 radical (unpaired) electrons. The van der Waals surface area contributed by atoms with Crippen molar-refractivity contribution < 1.29 is 31.1 Å². The zero-order chi connectivity index (χ0) is 21.3. The molecule has 0 bridgehead atoms. The van der Waals surface area contributed by atoms with Gasteiger partial charge in [-0.1, -0.05) is 6.92 Å². The van der Waals surface area contributed by atoms with Gasteiger partial charge in [0.2, 0.25) is 10.0 Å². The van der Waals surface area contributed by atoms with Crippen LogP contribution in [0.3, 0.4) is 0 Å². The molecule has 2 fully saturated rings. The van der Waals surface area contributed by atoms with Gasteiger partial charge in [-0.15, -0.1) is 13.2 Å². The number of nitrogens with one attached hydrogen (secondary N) is 1. The Morgan fingerprint density at radius 2 is 1.93 bits per heavy atom. The summed E-state index contributed by atoms with van der Waals surface area (Å²) < 4.78 is 73.7. The summed E-state index contributed by atoms with van der Waals surface area (Å²) in [5, 5.41) is 3.54. The second kappa shape index (κ2) is 8.41. The van der Waals surface area contributed by atoms with E-state index in [9.17, 15) is 21.6 Å². The van der Waals surface area contributed by atoms with Crippen molar-refractivity contribution in [1.29, 1.82) is 0 Å². The van der Waals surface area contributed by atoms with E-state index in [2.05, 4.69) is 10.1 Å². The maximum atomic E-state index is 13.0. The molecule has 0 spiro atoms. The third-order valence-corrected chi connectivity index (χ3v) is 7.71. The number of benzene rings is 1. The van der Waals surface area contributed by atoms with Crippen molar-refractivity contribution in [1.82, 2.24) is 9.62 Å². The Morgan fingerprint density at radius 3 is 2.48 bits per heavy atom. The number of halogens is 3. The van der Waals surface area contributed by atoms with Crippen molar-refractivity contribution in [2.75, 3.05) is 32.8 Å². The molecule has 29 heavy (non-hydrogen) atoms. The molecule has 2 saturated heterocycles. The summed E-state index contributed by atoms with van der Waals surface area (Å²) in [6.07, 6.45) is -2.07.